The number of aliphatic hydroxyl groups is 1. The van der Waals surface area contributed by atoms with Gasteiger partial charge in [0.2, 0.25) is 0 Å². The fourth-order valence-electron chi connectivity index (χ4n) is 3.59. The molecule has 176 valence electrons. The van der Waals surface area contributed by atoms with Gasteiger partial charge in [-0.25, -0.2) is 0 Å². The molecule has 7 heteroatoms. The maximum Gasteiger partial charge on any atom is 0.189 e. The van der Waals surface area contributed by atoms with Crippen molar-refractivity contribution >= 4 is 16.8 Å². The molecule has 0 radical (unpaired) electrons. The van der Waals surface area contributed by atoms with Crippen LogP contribution in [-0.4, -0.2) is 43.7 Å². The highest BCUT2D eigenvalue weighted by Crippen LogP contribution is 2.39. The van der Waals surface area contributed by atoms with Gasteiger partial charge in [0.15, 0.2) is 11.9 Å². The Morgan fingerprint density at radius 2 is 1.73 bits per heavy atom. The van der Waals surface area contributed by atoms with E-state index < -0.39 is 17.3 Å². The van der Waals surface area contributed by atoms with E-state index in [0.717, 1.165) is 11.1 Å². The number of aliphatic hydroxyl groups excluding tert-OH is 1. The molecule has 0 amide bonds. The van der Waals surface area contributed by atoms with Crippen molar-refractivity contribution in [3.63, 3.8) is 0 Å². The number of carbonyl (C=O) groups is 1. The quantitative estimate of drug-likeness (QED) is 0.532. The van der Waals surface area contributed by atoms with Crippen LogP contribution in [0.3, 0.4) is 0 Å². The molecule has 7 nitrogen and oxygen atoms in total. The van der Waals surface area contributed by atoms with Gasteiger partial charge in [-0.2, -0.15) is 0 Å². The molecule has 1 atom stereocenters. The zero-order chi connectivity index (χ0) is 24.7. The van der Waals surface area contributed by atoms with Crippen LogP contribution in [0.1, 0.15) is 59.6 Å². The lowest BCUT2D eigenvalue weighted by Crippen LogP contribution is -2.28. The first kappa shape index (κ1) is 24.5. The number of hydrogen-bond acceptors (Lipinski definition) is 6. The number of Topliss-reactive ketones (excluding diaryl/α,β-unsaturated/α-hetero) is 1. The lowest BCUT2D eigenvalue weighted by atomic mass is 9.86. The van der Waals surface area contributed by atoms with Crippen LogP contribution in [0, 0.1) is 0 Å². The van der Waals surface area contributed by atoms with E-state index in [1.807, 2.05) is 39.0 Å². The normalized spacial score (nSPS) is 13.2. The van der Waals surface area contributed by atoms with Crippen molar-refractivity contribution in [1.29, 1.82) is 0 Å². The van der Waals surface area contributed by atoms with Crippen LogP contribution >= 0.6 is 0 Å². The average molecular weight is 452 g/mol. The Balaban J connectivity index is 2.11. The Bertz CT molecular complexity index is 1210. The van der Waals surface area contributed by atoms with Crippen LogP contribution in [-0.2, 0) is 15.6 Å². The summed E-state index contributed by atoms with van der Waals surface area (Å²) in [6, 6.07) is 9.18. The number of ether oxygens (including phenoxy) is 1. The van der Waals surface area contributed by atoms with Gasteiger partial charge in [-0.3, -0.25) is 4.79 Å². The van der Waals surface area contributed by atoms with Gasteiger partial charge in [0, 0.05) is 11.6 Å². The van der Waals surface area contributed by atoms with Gasteiger partial charge in [0.25, 0.3) is 0 Å². The summed E-state index contributed by atoms with van der Waals surface area (Å²) >= 11 is 0. The molecule has 0 aliphatic carbocycles. The number of phenolic OH excluding ortho intramolecular Hbond substituents is 1. The molecule has 0 saturated carbocycles. The van der Waals surface area contributed by atoms with E-state index in [1.54, 1.807) is 19.1 Å². The van der Waals surface area contributed by atoms with Crippen LogP contribution in [0.5, 0.6) is 11.5 Å². The highest BCUT2D eigenvalue weighted by molar-refractivity contribution is 5.97. The summed E-state index contributed by atoms with van der Waals surface area (Å²) in [7, 11) is 0. The minimum Gasteiger partial charge on any atom is -0.505 e. The van der Waals surface area contributed by atoms with Crippen molar-refractivity contribution < 1.29 is 19.7 Å². The Morgan fingerprint density at radius 1 is 1.09 bits per heavy atom. The first-order valence-electron chi connectivity index (χ1n) is 10.9. The first-order valence-corrected chi connectivity index (χ1v) is 10.9. The fraction of sp³-hybridized carbons (Fsp3) is 0.423. The number of aromatic nitrogens is 3. The summed E-state index contributed by atoms with van der Waals surface area (Å²) < 4.78 is 5.75. The molecule has 3 aromatic rings. The van der Waals surface area contributed by atoms with E-state index in [4.69, 9.17) is 9.84 Å². The highest BCUT2D eigenvalue weighted by Gasteiger charge is 2.26. The predicted octanol–water partition coefficient (Wildman–Crippen LogP) is 4.61. The summed E-state index contributed by atoms with van der Waals surface area (Å²) in [5.41, 5.74) is 3.24. The Labute approximate surface area is 194 Å². The monoisotopic (exact) mass is 451 g/mol. The van der Waals surface area contributed by atoms with E-state index >= 15 is 0 Å². The molecule has 2 N–H and O–H groups in total. The second-order valence-electron chi connectivity index (χ2n) is 10.5. The predicted molar refractivity (Wildman–Crippen MR) is 129 cm³/mol. The smallest absolute Gasteiger partial charge is 0.189 e. The summed E-state index contributed by atoms with van der Waals surface area (Å²) in [6.07, 6.45) is -1.32. The molecule has 1 aromatic heterocycles. The molecular formula is C26H33N3O4. The Hall–Kier alpha value is -3.19. The van der Waals surface area contributed by atoms with Gasteiger partial charge in [0.1, 0.15) is 34.8 Å². The number of benzene rings is 2. The number of aromatic hydroxyl groups is 1. The van der Waals surface area contributed by atoms with Crippen LogP contribution in [0.4, 0.5) is 0 Å². The summed E-state index contributed by atoms with van der Waals surface area (Å²) in [4.78, 5) is 13.4. The lowest BCUT2D eigenvalue weighted by Gasteiger charge is -2.23. The molecule has 0 spiro atoms. The molecule has 3 rings (SSSR count). The first-order chi connectivity index (χ1) is 15.2. The van der Waals surface area contributed by atoms with E-state index in [-0.39, 0.29) is 23.3 Å². The van der Waals surface area contributed by atoms with Crippen LogP contribution in [0.25, 0.3) is 16.7 Å². The van der Waals surface area contributed by atoms with Crippen molar-refractivity contribution in [3.05, 3.63) is 53.6 Å². The van der Waals surface area contributed by atoms with Gasteiger partial charge < -0.3 is 14.9 Å². The number of ketones is 1. The third-order valence-electron chi connectivity index (χ3n) is 5.44. The summed E-state index contributed by atoms with van der Waals surface area (Å²) in [5.74, 6) is -0.0375. The van der Waals surface area contributed by atoms with Gasteiger partial charge in [-0.15, -0.1) is 15.0 Å². The molecule has 33 heavy (non-hydrogen) atoms. The molecule has 0 bridgehead atoms. The number of phenols is 1. The zero-order valence-corrected chi connectivity index (χ0v) is 20.4. The van der Waals surface area contributed by atoms with Gasteiger partial charge in [-0.05, 0) is 41.0 Å². The van der Waals surface area contributed by atoms with E-state index in [1.165, 1.54) is 4.80 Å². The van der Waals surface area contributed by atoms with Gasteiger partial charge in [0.05, 0.1) is 0 Å². The van der Waals surface area contributed by atoms with Crippen LogP contribution in [0.2, 0.25) is 0 Å². The molecule has 0 fully saturated rings. The maximum atomic E-state index is 12.0. The van der Waals surface area contributed by atoms with E-state index in [9.17, 15) is 15.0 Å². The molecule has 0 aliphatic heterocycles. The van der Waals surface area contributed by atoms with Crippen molar-refractivity contribution in [2.75, 3.05) is 6.61 Å². The fourth-order valence-corrected chi connectivity index (χ4v) is 3.59. The summed E-state index contributed by atoms with van der Waals surface area (Å²) in [6.45, 7) is 17.1. The number of hydrogen-bond donors (Lipinski definition) is 2. The van der Waals surface area contributed by atoms with Crippen molar-refractivity contribution in [2.24, 2.45) is 0 Å². The Kier molecular flexibility index (Phi) is 6.40. The van der Waals surface area contributed by atoms with Gasteiger partial charge in [-0.1, -0.05) is 60.3 Å². The Morgan fingerprint density at radius 3 is 2.30 bits per heavy atom. The maximum absolute atomic E-state index is 12.0. The lowest BCUT2D eigenvalue weighted by molar-refractivity contribution is -0.124. The highest BCUT2D eigenvalue weighted by atomic mass is 16.5. The summed E-state index contributed by atoms with van der Waals surface area (Å²) in [5, 5.41) is 30.5. The van der Waals surface area contributed by atoms with Crippen LogP contribution in [0.15, 0.2) is 42.5 Å². The number of rotatable bonds is 6. The van der Waals surface area contributed by atoms with Crippen LogP contribution < -0.4 is 4.74 Å². The van der Waals surface area contributed by atoms with Gasteiger partial charge >= 0.3 is 0 Å². The minimum absolute atomic E-state index is 0.0472. The SMILES string of the molecule is C=C(C)C(=O)C(O)COc1cc(-n2nc3cccc(C(C)(C)C)c3n2)c(O)c(C(C)(C)C)c1. The van der Waals surface area contributed by atoms with Crippen molar-refractivity contribution in [2.45, 2.75) is 65.4 Å². The standard InChI is InChI=1S/C26H33N3O4/c1-15(2)23(31)21(30)14-33-16-12-18(26(6,7)8)24(32)20(13-16)29-27-19-11-9-10-17(22(19)28-29)25(3,4)5/h9-13,21,30,32H,1,14H2,2-8H3. The van der Waals surface area contributed by atoms with Crippen molar-refractivity contribution in [3.8, 4) is 17.2 Å². The third kappa shape index (κ3) is 5.09. The van der Waals surface area contributed by atoms with E-state index in [0.29, 0.717) is 22.5 Å². The average Bonchev–Trinajstić information content (AvgIpc) is 3.14. The minimum atomic E-state index is -1.32. The van der Waals surface area contributed by atoms with Crippen molar-refractivity contribution in [1.82, 2.24) is 15.0 Å². The molecular weight excluding hydrogens is 418 g/mol. The largest absolute Gasteiger partial charge is 0.505 e. The molecule has 2 aromatic carbocycles. The third-order valence-corrected chi connectivity index (χ3v) is 5.44. The second kappa shape index (κ2) is 8.63. The number of carbonyl (C=O) groups excluding carboxylic acids is 1. The molecule has 0 aliphatic rings. The second-order valence-corrected chi connectivity index (χ2v) is 10.5. The zero-order valence-electron chi connectivity index (χ0n) is 20.4. The topological polar surface area (TPSA) is 97.5 Å². The van der Waals surface area contributed by atoms with E-state index in [2.05, 4.69) is 32.4 Å². The molecule has 1 heterocycles. The number of fused-ring (bicyclic) bond motifs is 1. The number of nitrogens with zero attached hydrogens (tertiary/aromatic N) is 3. The molecule has 0 saturated heterocycles. The molecule has 1 unspecified atom stereocenters.